The minimum atomic E-state index is -3.39. The van der Waals surface area contributed by atoms with E-state index in [2.05, 4.69) is 15.7 Å². The van der Waals surface area contributed by atoms with Crippen LogP contribution in [-0.2, 0) is 32.1 Å². The summed E-state index contributed by atoms with van der Waals surface area (Å²) in [5.74, 6) is 0.757. The Morgan fingerprint density at radius 1 is 1.21 bits per heavy atom. The Morgan fingerprint density at radius 3 is 2.36 bits per heavy atom. The van der Waals surface area contributed by atoms with Crippen molar-refractivity contribution in [2.24, 2.45) is 0 Å². The van der Waals surface area contributed by atoms with E-state index in [9.17, 15) is 14.2 Å². The summed E-state index contributed by atoms with van der Waals surface area (Å²) in [5.41, 5.74) is -1.20. The number of hydrogen-bond donors (Lipinski definition) is 1. The molecule has 0 radical (unpaired) electrons. The first-order valence-electron chi connectivity index (χ1n) is 14.4. The van der Waals surface area contributed by atoms with E-state index in [4.69, 9.17) is 32.8 Å². The predicted molar refractivity (Wildman–Crippen MR) is 158 cm³/mol. The van der Waals surface area contributed by atoms with Crippen LogP contribution in [-0.4, -0.2) is 64.5 Å². The zero-order valence-electron chi connectivity index (χ0n) is 25.5. The Labute approximate surface area is 248 Å². The summed E-state index contributed by atoms with van der Waals surface area (Å²) in [7, 11) is -3.64. The van der Waals surface area contributed by atoms with Crippen LogP contribution in [0.4, 0.5) is 0 Å². The van der Waals surface area contributed by atoms with Crippen LogP contribution in [0.2, 0.25) is 0 Å². The average molecular weight is 631 g/mol. The maximum absolute atomic E-state index is 13.7. The van der Waals surface area contributed by atoms with E-state index in [0.29, 0.717) is 37.2 Å². The number of aromatic amines is 1. The molecule has 2 heterocycles. The van der Waals surface area contributed by atoms with Crippen LogP contribution in [0, 0.1) is 11.3 Å². The SMILES string of the molecule is CCOP(=O)(OCC)C1(CCC2=C(OP(OCCC#N)N(C(C)C)C(C)C)C(OC)[C@H](n3ccc(=O)[nH]c3=O)O2)CC1. The highest BCUT2D eigenvalue weighted by Gasteiger charge is 2.60. The molecule has 1 aliphatic carbocycles. The number of ether oxygens (including phenoxy) is 2. The molecule has 2 aliphatic rings. The molecule has 13 nitrogen and oxygen atoms in total. The van der Waals surface area contributed by atoms with E-state index in [0.717, 1.165) is 0 Å². The van der Waals surface area contributed by atoms with Crippen LogP contribution in [0.25, 0.3) is 0 Å². The lowest BCUT2D eigenvalue weighted by Gasteiger charge is -2.36. The lowest BCUT2D eigenvalue weighted by molar-refractivity contribution is -0.0342. The van der Waals surface area contributed by atoms with Crippen LogP contribution < -0.4 is 11.2 Å². The van der Waals surface area contributed by atoms with E-state index in [1.807, 2.05) is 27.7 Å². The van der Waals surface area contributed by atoms with Crippen LogP contribution in [0.15, 0.2) is 33.4 Å². The van der Waals surface area contributed by atoms with Gasteiger partial charge >= 0.3 is 21.8 Å². The van der Waals surface area contributed by atoms with Gasteiger partial charge in [0.15, 0.2) is 11.9 Å². The van der Waals surface area contributed by atoms with Crippen molar-refractivity contribution in [3.8, 4) is 6.07 Å². The summed E-state index contributed by atoms with van der Waals surface area (Å²) in [5, 5.41) is 8.47. The third-order valence-corrected chi connectivity index (χ3v) is 12.2. The molecule has 42 heavy (non-hydrogen) atoms. The average Bonchev–Trinajstić information content (AvgIpc) is 3.64. The first kappa shape index (κ1) is 34.5. The van der Waals surface area contributed by atoms with Crippen molar-refractivity contribution in [2.45, 2.75) is 103 Å². The second-order valence-electron chi connectivity index (χ2n) is 10.7. The molecule has 0 bridgehead atoms. The number of hydrogen-bond acceptors (Lipinski definition) is 11. The molecule has 1 aromatic heterocycles. The lowest BCUT2D eigenvalue weighted by Crippen LogP contribution is -2.37. The number of allylic oxidation sites excluding steroid dienone is 1. The quantitative estimate of drug-likeness (QED) is 0.169. The molecule has 1 aliphatic heterocycles. The maximum atomic E-state index is 13.7. The molecule has 0 spiro atoms. The molecule has 236 valence electrons. The van der Waals surface area contributed by atoms with Gasteiger partial charge in [-0.3, -0.25) is 18.9 Å². The monoisotopic (exact) mass is 630 g/mol. The van der Waals surface area contributed by atoms with Crippen molar-refractivity contribution in [3.63, 3.8) is 0 Å². The zero-order chi connectivity index (χ0) is 31.1. The molecule has 15 heteroatoms. The Balaban J connectivity index is 2.03. The van der Waals surface area contributed by atoms with Gasteiger partial charge in [-0.15, -0.1) is 0 Å². The summed E-state index contributed by atoms with van der Waals surface area (Å²) >= 11 is 0. The van der Waals surface area contributed by atoms with Crippen molar-refractivity contribution in [2.75, 3.05) is 26.9 Å². The van der Waals surface area contributed by atoms with Crippen LogP contribution in [0.5, 0.6) is 0 Å². The molecular formula is C27H44N4O9P2. The Hall–Kier alpha value is -2.03. The predicted octanol–water partition coefficient (Wildman–Crippen LogP) is 5.16. The standard InChI is InChI=1S/C27H44N4O9P2/c1-8-37-42(34,38-9-2)27(14-15-27)13-11-21-23(40-41(36-18-10-16-28)31(19(3)4)20(5)6)24(35-7)25(39-21)30-17-12-22(32)29-26(30)33/h12,17,19-20,24-25H,8-11,13-15,18H2,1-7H3,(H,29,32,33)/t24?,25-,41?/m1/s1. The number of nitrogens with one attached hydrogen (secondary N) is 1. The Morgan fingerprint density at radius 2 is 1.86 bits per heavy atom. The van der Waals surface area contributed by atoms with Gasteiger partial charge in [0.2, 0.25) is 6.23 Å². The maximum Gasteiger partial charge on any atom is 0.336 e. The van der Waals surface area contributed by atoms with E-state index in [-0.39, 0.29) is 38.3 Å². The summed E-state index contributed by atoms with van der Waals surface area (Å²) in [6, 6.07) is 3.41. The normalized spacial score (nSPS) is 20.7. The van der Waals surface area contributed by atoms with Gasteiger partial charge in [-0.1, -0.05) is 0 Å². The molecule has 1 fully saturated rings. The summed E-state index contributed by atoms with van der Waals surface area (Å²) in [4.78, 5) is 26.8. The lowest BCUT2D eigenvalue weighted by atomic mass is 10.1. The first-order chi connectivity index (χ1) is 20.0. The summed E-state index contributed by atoms with van der Waals surface area (Å²) in [6.07, 6.45) is 1.79. The minimum Gasteiger partial charge on any atom is -0.467 e. The van der Waals surface area contributed by atoms with Gasteiger partial charge in [0, 0.05) is 37.9 Å². The van der Waals surface area contributed by atoms with Crippen molar-refractivity contribution < 1.29 is 32.1 Å². The van der Waals surface area contributed by atoms with E-state index in [1.165, 1.54) is 23.9 Å². The largest absolute Gasteiger partial charge is 0.467 e. The van der Waals surface area contributed by atoms with Crippen molar-refractivity contribution in [1.29, 1.82) is 5.26 Å². The molecule has 1 saturated carbocycles. The van der Waals surface area contributed by atoms with Crippen molar-refractivity contribution >= 4 is 16.1 Å². The van der Waals surface area contributed by atoms with E-state index in [1.54, 1.807) is 13.8 Å². The number of nitrogens with zero attached hydrogens (tertiary/aromatic N) is 3. The van der Waals surface area contributed by atoms with Gasteiger partial charge < -0.3 is 27.6 Å². The number of methoxy groups -OCH3 is 1. The third-order valence-electron chi connectivity index (χ3n) is 7.10. The van der Waals surface area contributed by atoms with Gasteiger partial charge in [-0.05, 0) is 60.8 Å². The molecular weight excluding hydrogens is 586 g/mol. The highest BCUT2D eigenvalue weighted by molar-refractivity contribution is 7.56. The zero-order valence-corrected chi connectivity index (χ0v) is 27.3. The van der Waals surface area contributed by atoms with Crippen LogP contribution in [0.1, 0.15) is 79.9 Å². The number of nitriles is 1. The molecule has 0 saturated heterocycles. The second-order valence-corrected chi connectivity index (χ2v) is 14.5. The fraction of sp³-hybridized carbons (Fsp3) is 0.741. The summed E-state index contributed by atoms with van der Waals surface area (Å²) in [6.45, 7) is 12.4. The second kappa shape index (κ2) is 15.1. The highest BCUT2D eigenvalue weighted by atomic mass is 31.2. The Bertz CT molecular complexity index is 1270. The topological polar surface area (TPSA) is 154 Å². The fourth-order valence-electron chi connectivity index (χ4n) is 5.06. The fourth-order valence-corrected chi connectivity index (χ4v) is 9.07. The Kier molecular flexibility index (Phi) is 12.4. The van der Waals surface area contributed by atoms with Gasteiger partial charge in [0.25, 0.3) is 5.56 Å². The van der Waals surface area contributed by atoms with E-state index < -0.39 is 44.9 Å². The van der Waals surface area contributed by atoms with Gasteiger partial charge in [0.1, 0.15) is 5.76 Å². The molecule has 3 rings (SSSR count). The van der Waals surface area contributed by atoms with E-state index >= 15 is 0 Å². The van der Waals surface area contributed by atoms with Crippen molar-refractivity contribution in [3.05, 3.63) is 44.6 Å². The number of H-pyrrole nitrogens is 1. The first-order valence-corrected chi connectivity index (χ1v) is 17.0. The molecule has 3 atom stereocenters. The molecule has 0 aromatic carbocycles. The van der Waals surface area contributed by atoms with Gasteiger partial charge in [-0.25, -0.2) is 9.46 Å². The summed E-state index contributed by atoms with van der Waals surface area (Å²) < 4.78 is 53.4. The number of rotatable bonds is 18. The molecule has 2 unspecified atom stereocenters. The van der Waals surface area contributed by atoms with Crippen LogP contribution in [0.3, 0.4) is 0 Å². The molecule has 1 aromatic rings. The van der Waals surface area contributed by atoms with Crippen molar-refractivity contribution in [1.82, 2.24) is 14.2 Å². The molecule has 1 N–H and O–H groups in total. The van der Waals surface area contributed by atoms with Crippen LogP contribution >= 0.6 is 16.1 Å². The molecule has 0 amide bonds. The number of aromatic nitrogens is 2. The third kappa shape index (κ3) is 7.72. The minimum absolute atomic E-state index is 0.0428. The smallest absolute Gasteiger partial charge is 0.336 e. The van der Waals surface area contributed by atoms with Gasteiger partial charge in [0.05, 0.1) is 37.5 Å². The highest BCUT2D eigenvalue weighted by Crippen LogP contribution is 2.73. The van der Waals surface area contributed by atoms with Gasteiger partial charge in [-0.2, -0.15) is 5.26 Å².